The Morgan fingerprint density at radius 1 is 1.22 bits per heavy atom. The van der Waals surface area contributed by atoms with E-state index in [9.17, 15) is 4.79 Å². The van der Waals surface area contributed by atoms with Crippen LogP contribution >= 0.6 is 0 Å². The van der Waals surface area contributed by atoms with Crippen molar-refractivity contribution in [1.82, 2.24) is 10.5 Å². The molecule has 2 aromatic rings. The average Bonchev–Trinajstić information content (AvgIpc) is 3.14. The molecular formula is C21H28N2O4. The monoisotopic (exact) mass is 372 g/mol. The Balaban J connectivity index is 1.50. The largest absolute Gasteiger partial charge is 0.494 e. The van der Waals surface area contributed by atoms with E-state index >= 15 is 0 Å². The minimum absolute atomic E-state index is 0.0765. The normalized spacial score (nSPS) is 20.7. The van der Waals surface area contributed by atoms with Crippen LogP contribution in [-0.4, -0.2) is 23.8 Å². The second kappa shape index (κ2) is 8.93. The van der Waals surface area contributed by atoms with Gasteiger partial charge in [0.25, 0.3) is 0 Å². The molecule has 1 aliphatic carbocycles. The number of benzene rings is 1. The van der Waals surface area contributed by atoms with E-state index in [0.717, 1.165) is 42.9 Å². The van der Waals surface area contributed by atoms with Gasteiger partial charge in [-0.3, -0.25) is 4.79 Å². The molecule has 0 saturated heterocycles. The number of hydrogen-bond acceptors (Lipinski definition) is 5. The first kappa shape index (κ1) is 19.3. The van der Waals surface area contributed by atoms with E-state index in [4.69, 9.17) is 14.0 Å². The molecule has 1 atom stereocenters. The fourth-order valence-electron chi connectivity index (χ4n) is 3.53. The lowest BCUT2D eigenvalue weighted by atomic mass is 9.85. The van der Waals surface area contributed by atoms with Crippen LogP contribution in [-0.2, 0) is 4.79 Å². The van der Waals surface area contributed by atoms with Crippen LogP contribution in [0.2, 0.25) is 0 Å². The highest BCUT2D eigenvalue weighted by Gasteiger charge is 2.26. The molecule has 146 valence electrons. The Labute approximate surface area is 160 Å². The third-order valence-corrected chi connectivity index (χ3v) is 4.92. The van der Waals surface area contributed by atoms with Crippen molar-refractivity contribution >= 4 is 5.91 Å². The van der Waals surface area contributed by atoms with Crippen LogP contribution < -0.4 is 14.8 Å². The molecule has 1 heterocycles. The molecular weight excluding hydrogens is 344 g/mol. The highest BCUT2D eigenvalue weighted by Crippen LogP contribution is 2.35. The maximum atomic E-state index is 11.2. The van der Waals surface area contributed by atoms with Crippen LogP contribution in [0.25, 0.3) is 0 Å². The topological polar surface area (TPSA) is 73.6 Å². The second-order valence-electron chi connectivity index (χ2n) is 7.07. The molecule has 0 unspecified atom stereocenters. The molecule has 1 aliphatic rings. The van der Waals surface area contributed by atoms with Crippen molar-refractivity contribution in [2.24, 2.45) is 0 Å². The van der Waals surface area contributed by atoms with Crippen LogP contribution in [0.4, 0.5) is 0 Å². The van der Waals surface area contributed by atoms with E-state index in [2.05, 4.69) is 10.5 Å². The molecule has 6 heteroatoms. The van der Waals surface area contributed by atoms with Crippen LogP contribution in [0.3, 0.4) is 0 Å². The maximum Gasteiger partial charge on any atom is 0.217 e. The van der Waals surface area contributed by atoms with Crippen molar-refractivity contribution in [3.8, 4) is 11.5 Å². The van der Waals surface area contributed by atoms with E-state index < -0.39 is 0 Å². The Morgan fingerprint density at radius 3 is 2.52 bits per heavy atom. The van der Waals surface area contributed by atoms with Gasteiger partial charge in [0.15, 0.2) is 5.76 Å². The summed E-state index contributed by atoms with van der Waals surface area (Å²) in [7, 11) is 0. The van der Waals surface area contributed by atoms with Gasteiger partial charge in [0.1, 0.15) is 11.5 Å². The third-order valence-electron chi connectivity index (χ3n) is 4.92. The number of aromatic nitrogens is 1. The van der Waals surface area contributed by atoms with Crippen LogP contribution in [0.15, 0.2) is 34.9 Å². The number of carbonyl (C=O) groups is 1. The molecule has 1 aromatic heterocycles. The van der Waals surface area contributed by atoms with Crippen LogP contribution in [0.5, 0.6) is 11.5 Å². The molecule has 0 radical (unpaired) electrons. The van der Waals surface area contributed by atoms with Crippen LogP contribution in [0, 0.1) is 0 Å². The molecule has 1 fully saturated rings. The zero-order valence-electron chi connectivity index (χ0n) is 16.2. The Hall–Kier alpha value is -2.50. The first-order valence-electron chi connectivity index (χ1n) is 9.68. The summed E-state index contributed by atoms with van der Waals surface area (Å²) in [6.45, 7) is 6.03. The first-order valence-corrected chi connectivity index (χ1v) is 9.68. The molecule has 6 nitrogen and oxygen atoms in total. The average molecular weight is 372 g/mol. The standard InChI is InChI=1S/C21H28N2O4/c1-4-25-17-9-11-19(12-10-17)26-18-7-5-16(6-8-18)20-13-21(27-23-20)14(2)22-15(3)24/h9-14,16,18H,4-8H2,1-3H3,(H,22,24)/t14-,16?,18?/m0/s1. The predicted molar refractivity (Wildman–Crippen MR) is 102 cm³/mol. The lowest BCUT2D eigenvalue weighted by molar-refractivity contribution is -0.119. The Bertz CT molecular complexity index is 733. The van der Waals surface area contributed by atoms with E-state index in [-0.39, 0.29) is 18.1 Å². The highest BCUT2D eigenvalue weighted by atomic mass is 16.5. The predicted octanol–water partition coefficient (Wildman–Crippen LogP) is 4.38. The smallest absolute Gasteiger partial charge is 0.217 e. The van der Waals surface area contributed by atoms with Crippen molar-refractivity contribution in [1.29, 1.82) is 0 Å². The number of rotatable bonds is 7. The fraction of sp³-hybridized carbons (Fsp3) is 0.524. The number of nitrogens with one attached hydrogen (secondary N) is 1. The van der Waals surface area contributed by atoms with Gasteiger partial charge >= 0.3 is 0 Å². The van der Waals surface area contributed by atoms with E-state index in [0.29, 0.717) is 18.3 Å². The molecule has 1 N–H and O–H groups in total. The third kappa shape index (κ3) is 5.25. The quantitative estimate of drug-likeness (QED) is 0.781. The Kier molecular flexibility index (Phi) is 6.37. The van der Waals surface area contributed by atoms with Gasteiger partial charge in [-0.25, -0.2) is 0 Å². The van der Waals surface area contributed by atoms with Gasteiger partial charge in [-0.1, -0.05) is 5.16 Å². The fourth-order valence-corrected chi connectivity index (χ4v) is 3.53. The SMILES string of the molecule is CCOc1ccc(OC2CCC(c3cc([C@H](C)NC(C)=O)on3)CC2)cc1. The summed E-state index contributed by atoms with van der Waals surface area (Å²) in [5, 5.41) is 7.04. The summed E-state index contributed by atoms with van der Waals surface area (Å²) in [5.74, 6) is 2.76. The lowest BCUT2D eigenvalue weighted by Crippen LogP contribution is -2.24. The van der Waals surface area contributed by atoms with Gasteiger partial charge in [-0.15, -0.1) is 0 Å². The summed E-state index contributed by atoms with van der Waals surface area (Å²) in [6.07, 6.45) is 4.23. The molecule has 0 aliphatic heterocycles. The van der Waals surface area contributed by atoms with Crippen molar-refractivity contribution in [3.05, 3.63) is 41.8 Å². The number of nitrogens with zero attached hydrogens (tertiary/aromatic N) is 1. The van der Waals surface area contributed by atoms with Gasteiger partial charge in [0.05, 0.1) is 24.4 Å². The number of amides is 1. The maximum absolute atomic E-state index is 11.2. The van der Waals surface area contributed by atoms with Crippen molar-refractivity contribution in [2.45, 2.75) is 64.5 Å². The molecule has 1 aromatic carbocycles. The molecule has 27 heavy (non-hydrogen) atoms. The summed E-state index contributed by atoms with van der Waals surface area (Å²) in [6, 6.07) is 9.62. The van der Waals surface area contributed by atoms with E-state index in [1.807, 2.05) is 44.2 Å². The molecule has 0 spiro atoms. The van der Waals surface area contributed by atoms with Gasteiger partial charge in [-0.2, -0.15) is 0 Å². The number of carbonyl (C=O) groups excluding carboxylic acids is 1. The first-order chi connectivity index (χ1) is 13.0. The van der Waals surface area contributed by atoms with Gasteiger partial charge in [0, 0.05) is 18.9 Å². The Morgan fingerprint density at radius 2 is 1.89 bits per heavy atom. The summed E-state index contributed by atoms with van der Waals surface area (Å²) in [5.41, 5.74) is 0.974. The van der Waals surface area contributed by atoms with E-state index in [1.165, 1.54) is 6.92 Å². The molecule has 0 bridgehead atoms. The second-order valence-corrected chi connectivity index (χ2v) is 7.07. The van der Waals surface area contributed by atoms with E-state index in [1.54, 1.807) is 0 Å². The van der Waals surface area contributed by atoms with Crippen molar-refractivity contribution < 1.29 is 18.8 Å². The number of ether oxygens (including phenoxy) is 2. The zero-order valence-corrected chi connectivity index (χ0v) is 16.2. The minimum atomic E-state index is -0.164. The molecule has 1 amide bonds. The zero-order chi connectivity index (χ0) is 19.2. The minimum Gasteiger partial charge on any atom is -0.494 e. The summed E-state index contributed by atoms with van der Waals surface area (Å²) < 4.78 is 17.0. The van der Waals surface area contributed by atoms with Gasteiger partial charge < -0.3 is 19.3 Å². The molecule has 3 rings (SSSR count). The van der Waals surface area contributed by atoms with Crippen molar-refractivity contribution in [3.63, 3.8) is 0 Å². The van der Waals surface area contributed by atoms with Crippen LogP contribution in [0.1, 0.15) is 69.9 Å². The van der Waals surface area contributed by atoms with Crippen molar-refractivity contribution in [2.75, 3.05) is 6.61 Å². The van der Waals surface area contributed by atoms with Gasteiger partial charge in [-0.05, 0) is 63.8 Å². The molecule has 1 saturated carbocycles. The lowest BCUT2D eigenvalue weighted by Gasteiger charge is -2.27. The summed E-state index contributed by atoms with van der Waals surface area (Å²) in [4.78, 5) is 11.2. The van der Waals surface area contributed by atoms with Gasteiger partial charge in [0.2, 0.25) is 5.91 Å². The summed E-state index contributed by atoms with van der Waals surface area (Å²) >= 11 is 0. The number of hydrogen-bond donors (Lipinski definition) is 1. The highest BCUT2D eigenvalue weighted by molar-refractivity contribution is 5.73.